The van der Waals surface area contributed by atoms with Gasteiger partial charge >= 0.3 is 6.18 Å². The molecule has 0 atom stereocenters. The topological polar surface area (TPSA) is 55.6 Å². The predicted octanol–water partition coefficient (Wildman–Crippen LogP) is 3.71. The molecule has 5 nitrogen and oxygen atoms in total. The molecule has 2 heterocycles. The Bertz CT molecular complexity index is 976. The number of ether oxygens (including phenoxy) is 1. The summed E-state index contributed by atoms with van der Waals surface area (Å²) < 4.78 is 45.2. The molecule has 0 radical (unpaired) electrons. The molecule has 1 aromatic carbocycles. The molecular formula is C20H20F3N3O2. The van der Waals surface area contributed by atoms with Crippen LogP contribution in [0.2, 0.25) is 0 Å². The maximum Gasteiger partial charge on any atom is 0.417 e. The second-order valence-electron chi connectivity index (χ2n) is 6.52. The van der Waals surface area contributed by atoms with E-state index in [1.807, 2.05) is 32.0 Å². The van der Waals surface area contributed by atoms with Crippen molar-refractivity contribution in [3.05, 3.63) is 65.1 Å². The first-order chi connectivity index (χ1) is 13.2. The molecule has 0 fully saturated rings. The van der Waals surface area contributed by atoms with Crippen LogP contribution in [0.3, 0.4) is 0 Å². The van der Waals surface area contributed by atoms with Crippen molar-refractivity contribution in [2.24, 2.45) is 0 Å². The quantitative estimate of drug-likeness (QED) is 0.697. The third kappa shape index (κ3) is 4.62. The van der Waals surface area contributed by atoms with Crippen LogP contribution in [0.15, 0.2) is 42.7 Å². The number of fused-ring (bicyclic) bond motifs is 1. The Balaban J connectivity index is 1.52. The van der Waals surface area contributed by atoms with Gasteiger partial charge in [0.15, 0.2) is 6.61 Å². The number of benzene rings is 1. The van der Waals surface area contributed by atoms with Crippen LogP contribution in [-0.2, 0) is 17.4 Å². The Hall–Kier alpha value is -3.03. The number of alkyl halides is 3. The standard InChI is InChI=1S/C20H20F3N3O2/c1-13-4-3-5-14(2)19(13)28-12-18(27)24-9-8-16-11-26-10-15(20(21,22)23)6-7-17(26)25-16/h3-7,10-11H,8-9,12H2,1-2H3,(H,24,27). The van der Waals surface area contributed by atoms with Crippen molar-refractivity contribution in [2.45, 2.75) is 26.4 Å². The van der Waals surface area contributed by atoms with Gasteiger partial charge in [-0.15, -0.1) is 0 Å². The minimum absolute atomic E-state index is 0.105. The smallest absolute Gasteiger partial charge is 0.417 e. The van der Waals surface area contributed by atoms with Gasteiger partial charge in [0, 0.05) is 25.4 Å². The van der Waals surface area contributed by atoms with E-state index in [0.29, 0.717) is 30.1 Å². The number of aryl methyl sites for hydroxylation is 2. The summed E-state index contributed by atoms with van der Waals surface area (Å²) in [5.74, 6) is 0.421. The summed E-state index contributed by atoms with van der Waals surface area (Å²) in [6.45, 7) is 4.03. The number of pyridine rings is 1. The lowest BCUT2D eigenvalue weighted by atomic mass is 10.1. The second kappa shape index (κ2) is 7.92. The molecule has 0 aliphatic heterocycles. The third-order valence-electron chi connectivity index (χ3n) is 4.29. The number of para-hydroxylation sites is 1. The minimum Gasteiger partial charge on any atom is -0.483 e. The van der Waals surface area contributed by atoms with Crippen molar-refractivity contribution in [1.82, 2.24) is 14.7 Å². The number of imidazole rings is 1. The summed E-state index contributed by atoms with van der Waals surface area (Å²) in [6, 6.07) is 8.06. The van der Waals surface area contributed by atoms with Gasteiger partial charge < -0.3 is 14.5 Å². The fourth-order valence-corrected chi connectivity index (χ4v) is 2.88. The van der Waals surface area contributed by atoms with Gasteiger partial charge in [0.2, 0.25) is 0 Å². The first-order valence-electron chi connectivity index (χ1n) is 8.74. The zero-order chi connectivity index (χ0) is 20.3. The zero-order valence-corrected chi connectivity index (χ0v) is 15.5. The molecule has 0 unspecified atom stereocenters. The summed E-state index contributed by atoms with van der Waals surface area (Å²) in [7, 11) is 0. The monoisotopic (exact) mass is 391 g/mol. The van der Waals surface area contributed by atoms with E-state index in [9.17, 15) is 18.0 Å². The van der Waals surface area contributed by atoms with Gasteiger partial charge in [-0.2, -0.15) is 13.2 Å². The molecule has 0 spiro atoms. The van der Waals surface area contributed by atoms with Crippen LogP contribution in [0.1, 0.15) is 22.4 Å². The van der Waals surface area contributed by atoms with E-state index >= 15 is 0 Å². The Morgan fingerprint density at radius 3 is 2.54 bits per heavy atom. The first kappa shape index (κ1) is 19.7. The number of aromatic nitrogens is 2. The van der Waals surface area contributed by atoms with Crippen molar-refractivity contribution >= 4 is 11.6 Å². The summed E-state index contributed by atoms with van der Waals surface area (Å²) in [6.07, 6.45) is -1.47. The van der Waals surface area contributed by atoms with Gasteiger partial charge in [-0.25, -0.2) is 4.98 Å². The van der Waals surface area contributed by atoms with Crippen LogP contribution in [-0.4, -0.2) is 28.4 Å². The number of rotatable bonds is 6. The molecule has 0 bridgehead atoms. The molecule has 3 rings (SSSR count). The fourth-order valence-electron chi connectivity index (χ4n) is 2.88. The number of nitrogens with zero attached hydrogens (tertiary/aromatic N) is 2. The lowest BCUT2D eigenvalue weighted by Crippen LogP contribution is -2.30. The highest BCUT2D eigenvalue weighted by atomic mass is 19.4. The van der Waals surface area contributed by atoms with Gasteiger partial charge in [0.25, 0.3) is 5.91 Å². The molecule has 3 aromatic rings. The van der Waals surface area contributed by atoms with Crippen LogP contribution < -0.4 is 10.1 Å². The van der Waals surface area contributed by atoms with Gasteiger partial charge in [-0.3, -0.25) is 4.79 Å². The van der Waals surface area contributed by atoms with E-state index in [4.69, 9.17) is 4.74 Å². The molecule has 28 heavy (non-hydrogen) atoms. The first-order valence-corrected chi connectivity index (χ1v) is 8.74. The van der Waals surface area contributed by atoms with E-state index in [1.54, 1.807) is 0 Å². The summed E-state index contributed by atoms with van der Waals surface area (Å²) in [5, 5.41) is 2.73. The van der Waals surface area contributed by atoms with Crippen LogP contribution in [0, 0.1) is 13.8 Å². The lowest BCUT2D eigenvalue weighted by Gasteiger charge is -2.11. The van der Waals surface area contributed by atoms with E-state index < -0.39 is 11.7 Å². The normalized spacial score (nSPS) is 11.6. The molecular weight excluding hydrogens is 371 g/mol. The maximum absolute atomic E-state index is 12.8. The molecule has 0 saturated carbocycles. The summed E-state index contributed by atoms with van der Waals surface area (Å²) >= 11 is 0. The number of nitrogens with one attached hydrogen (secondary N) is 1. The Morgan fingerprint density at radius 2 is 1.86 bits per heavy atom. The molecule has 0 aliphatic carbocycles. The number of carbonyl (C=O) groups is 1. The average Bonchev–Trinajstić information content (AvgIpc) is 3.02. The fraction of sp³-hybridized carbons (Fsp3) is 0.300. The van der Waals surface area contributed by atoms with Gasteiger partial charge in [0.05, 0.1) is 11.3 Å². The van der Waals surface area contributed by atoms with Crippen molar-refractivity contribution in [2.75, 3.05) is 13.2 Å². The van der Waals surface area contributed by atoms with E-state index in [-0.39, 0.29) is 12.5 Å². The Kier molecular flexibility index (Phi) is 5.58. The zero-order valence-electron chi connectivity index (χ0n) is 15.5. The van der Waals surface area contributed by atoms with Gasteiger partial charge in [0.1, 0.15) is 11.4 Å². The van der Waals surface area contributed by atoms with Crippen molar-refractivity contribution in [3.8, 4) is 5.75 Å². The number of amides is 1. The van der Waals surface area contributed by atoms with E-state index in [2.05, 4.69) is 10.3 Å². The van der Waals surface area contributed by atoms with Gasteiger partial charge in [-0.05, 0) is 37.1 Å². The van der Waals surface area contributed by atoms with E-state index in [0.717, 1.165) is 23.4 Å². The lowest BCUT2D eigenvalue weighted by molar-refractivity contribution is -0.137. The number of halogens is 3. The maximum atomic E-state index is 12.8. The minimum atomic E-state index is -4.40. The largest absolute Gasteiger partial charge is 0.483 e. The van der Waals surface area contributed by atoms with Crippen LogP contribution >= 0.6 is 0 Å². The highest BCUT2D eigenvalue weighted by Crippen LogP contribution is 2.29. The molecule has 1 amide bonds. The Morgan fingerprint density at radius 1 is 1.14 bits per heavy atom. The number of carbonyl (C=O) groups excluding carboxylic acids is 1. The highest BCUT2D eigenvalue weighted by Gasteiger charge is 2.30. The van der Waals surface area contributed by atoms with Gasteiger partial charge in [-0.1, -0.05) is 18.2 Å². The Labute approximate surface area is 160 Å². The predicted molar refractivity (Wildman–Crippen MR) is 98.3 cm³/mol. The number of hydrogen-bond acceptors (Lipinski definition) is 3. The highest BCUT2D eigenvalue weighted by molar-refractivity contribution is 5.77. The SMILES string of the molecule is Cc1cccc(C)c1OCC(=O)NCCc1cn2cc(C(F)(F)F)ccc2n1. The molecule has 2 aromatic heterocycles. The van der Waals surface area contributed by atoms with Crippen molar-refractivity contribution in [3.63, 3.8) is 0 Å². The molecule has 1 N–H and O–H groups in total. The van der Waals surface area contributed by atoms with Crippen molar-refractivity contribution in [1.29, 1.82) is 0 Å². The molecule has 0 aliphatic rings. The van der Waals surface area contributed by atoms with E-state index in [1.165, 1.54) is 16.7 Å². The van der Waals surface area contributed by atoms with Crippen molar-refractivity contribution < 1.29 is 22.7 Å². The molecule has 8 heteroatoms. The van der Waals surface area contributed by atoms with Crippen LogP contribution in [0.25, 0.3) is 5.65 Å². The third-order valence-corrected chi connectivity index (χ3v) is 4.29. The number of hydrogen-bond donors (Lipinski definition) is 1. The molecule has 148 valence electrons. The van der Waals surface area contributed by atoms with Crippen LogP contribution in [0.5, 0.6) is 5.75 Å². The van der Waals surface area contributed by atoms with Crippen LogP contribution in [0.4, 0.5) is 13.2 Å². The molecule has 0 saturated heterocycles. The summed E-state index contributed by atoms with van der Waals surface area (Å²) in [4.78, 5) is 16.2. The second-order valence-corrected chi connectivity index (χ2v) is 6.52. The average molecular weight is 391 g/mol. The summed E-state index contributed by atoms with van der Waals surface area (Å²) in [5.41, 5.74) is 2.19.